The van der Waals surface area contributed by atoms with Gasteiger partial charge in [0.05, 0.1) is 38.0 Å². The standard InChI is InChI=1S/C25H22N2O6S/c1-12-13(2)34-25(26-12)27-21(15-10-18(31-4)19(32-5)11-17(15)30-3)20-22(28)14-8-6-7-9-16(14)33-23(20)24(27)29/h6-11,21H,1-5H3/t21-/m1/s1. The van der Waals surface area contributed by atoms with E-state index >= 15 is 0 Å². The van der Waals surface area contributed by atoms with Gasteiger partial charge in [-0.1, -0.05) is 12.1 Å². The number of aromatic nitrogens is 1. The molecule has 0 N–H and O–H groups in total. The second kappa shape index (κ2) is 8.18. The van der Waals surface area contributed by atoms with Crippen LogP contribution in [-0.4, -0.2) is 32.2 Å². The zero-order valence-electron chi connectivity index (χ0n) is 19.3. The number of methoxy groups -OCH3 is 3. The lowest BCUT2D eigenvalue weighted by atomic mass is 9.97. The van der Waals surface area contributed by atoms with E-state index in [2.05, 4.69) is 4.98 Å². The fraction of sp³-hybridized carbons (Fsp3) is 0.240. The van der Waals surface area contributed by atoms with Gasteiger partial charge in [0.2, 0.25) is 5.76 Å². The molecule has 0 aliphatic carbocycles. The van der Waals surface area contributed by atoms with Gasteiger partial charge in [0.15, 0.2) is 22.1 Å². The van der Waals surface area contributed by atoms with Crippen LogP contribution in [0.15, 0.2) is 45.6 Å². The maximum atomic E-state index is 13.7. The Labute approximate surface area is 199 Å². The van der Waals surface area contributed by atoms with Gasteiger partial charge in [-0.3, -0.25) is 14.5 Å². The summed E-state index contributed by atoms with van der Waals surface area (Å²) in [6.45, 7) is 3.82. The zero-order chi connectivity index (χ0) is 24.1. The van der Waals surface area contributed by atoms with Gasteiger partial charge in [-0.2, -0.15) is 0 Å². The van der Waals surface area contributed by atoms with Crippen LogP contribution in [0.2, 0.25) is 0 Å². The number of ether oxygens (including phenoxy) is 3. The molecule has 9 heteroatoms. The van der Waals surface area contributed by atoms with Gasteiger partial charge in [-0.05, 0) is 32.0 Å². The molecule has 0 fully saturated rings. The summed E-state index contributed by atoms with van der Waals surface area (Å²) in [5.41, 5.74) is 1.68. The molecule has 5 rings (SSSR count). The van der Waals surface area contributed by atoms with E-state index in [1.54, 1.807) is 36.4 Å². The number of hydrogen-bond donors (Lipinski definition) is 0. The minimum Gasteiger partial charge on any atom is -0.496 e. The van der Waals surface area contributed by atoms with Gasteiger partial charge in [0.1, 0.15) is 17.4 Å². The van der Waals surface area contributed by atoms with E-state index in [-0.39, 0.29) is 16.8 Å². The number of para-hydroxylation sites is 1. The lowest BCUT2D eigenvalue weighted by Gasteiger charge is -2.25. The average Bonchev–Trinajstić information content (AvgIpc) is 3.33. The van der Waals surface area contributed by atoms with E-state index in [1.165, 1.54) is 37.6 Å². The number of carbonyl (C=O) groups excluding carboxylic acids is 1. The van der Waals surface area contributed by atoms with Crippen molar-refractivity contribution in [1.29, 1.82) is 0 Å². The number of hydrogen-bond acceptors (Lipinski definition) is 8. The van der Waals surface area contributed by atoms with Crippen molar-refractivity contribution >= 4 is 33.3 Å². The number of benzene rings is 2. The number of fused-ring (bicyclic) bond motifs is 2. The second-order valence-electron chi connectivity index (χ2n) is 7.84. The number of rotatable bonds is 5. The highest BCUT2D eigenvalue weighted by atomic mass is 32.1. The van der Waals surface area contributed by atoms with Crippen molar-refractivity contribution < 1.29 is 23.4 Å². The van der Waals surface area contributed by atoms with Gasteiger partial charge in [0.25, 0.3) is 5.91 Å². The van der Waals surface area contributed by atoms with E-state index in [9.17, 15) is 9.59 Å². The van der Waals surface area contributed by atoms with Gasteiger partial charge < -0.3 is 18.6 Å². The highest BCUT2D eigenvalue weighted by molar-refractivity contribution is 7.15. The van der Waals surface area contributed by atoms with E-state index in [0.29, 0.717) is 38.9 Å². The van der Waals surface area contributed by atoms with Crippen LogP contribution in [0.4, 0.5) is 5.13 Å². The molecule has 0 spiro atoms. The average molecular weight is 479 g/mol. The van der Waals surface area contributed by atoms with Crippen molar-refractivity contribution in [3.05, 3.63) is 74.1 Å². The minimum absolute atomic E-state index is 0.00366. The summed E-state index contributed by atoms with van der Waals surface area (Å²) in [5, 5.41) is 0.864. The molecule has 0 bridgehead atoms. The first kappa shape index (κ1) is 22.0. The van der Waals surface area contributed by atoms with E-state index in [1.807, 2.05) is 13.8 Å². The first-order chi connectivity index (χ1) is 16.4. The Hall–Kier alpha value is -3.85. The van der Waals surface area contributed by atoms with E-state index in [0.717, 1.165) is 10.6 Å². The summed E-state index contributed by atoms with van der Waals surface area (Å²) in [6, 6.07) is 9.46. The Kier molecular flexibility index (Phi) is 5.28. The van der Waals surface area contributed by atoms with Crippen molar-refractivity contribution in [3.63, 3.8) is 0 Å². The second-order valence-corrected chi connectivity index (χ2v) is 9.02. The largest absolute Gasteiger partial charge is 0.496 e. The number of nitrogens with zero attached hydrogens (tertiary/aromatic N) is 2. The third kappa shape index (κ3) is 3.15. The van der Waals surface area contributed by atoms with Crippen LogP contribution in [0, 0.1) is 13.8 Å². The molecule has 0 saturated heterocycles. The Balaban J connectivity index is 1.86. The number of thiazole rings is 1. The normalized spacial score (nSPS) is 15.0. The smallest absolute Gasteiger partial charge is 0.297 e. The molecule has 174 valence electrons. The molecule has 1 amide bonds. The first-order valence-electron chi connectivity index (χ1n) is 10.5. The molecule has 2 aromatic carbocycles. The number of carbonyl (C=O) groups is 1. The molecule has 4 aromatic rings. The van der Waals surface area contributed by atoms with Crippen molar-refractivity contribution in [2.45, 2.75) is 19.9 Å². The van der Waals surface area contributed by atoms with Crippen LogP contribution < -0.4 is 24.5 Å². The van der Waals surface area contributed by atoms with Gasteiger partial charge in [-0.15, -0.1) is 11.3 Å². The molecule has 0 radical (unpaired) electrons. The monoisotopic (exact) mass is 478 g/mol. The summed E-state index contributed by atoms with van der Waals surface area (Å²) in [4.78, 5) is 34.6. The quantitative estimate of drug-likeness (QED) is 0.413. The molecule has 1 aliphatic rings. The van der Waals surface area contributed by atoms with Crippen LogP contribution in [0.1, 0.15) is 38.3 Å². The Morgan fingerprint density at radius 2 is 1.65 bits per heavy atom. The maximum Gasteiger partial charge on any atom is 0.297 e. The topological polar surface area (TPSA) is 91.1 Å². The summed E-state index contributed by atoms with van der Waals surface area (Å²) >= 11 is 1.38. The van der Waals surface area contributed by atoms with Crippen LogP contribution in [-0.2, 0) is 0 Å². The number of aryl methyl sites for hydroxylation is 2. The summed E-state index contributed by atoms with van der Waals surface area (Å²) in [5.74, 6) is 0.900. The number of amides is 1. The van der Waals surface area contributed by atoms with Crippen LogP contribution in [0.3, 0.4) is 0 Å². The maximum absolute atomic E-state index is 13.7. The summed E-state index contributed by atoms with van der Waals surface area (Å²) < 4.78 is 22.6. The highest BCUT2D eigenvalue weighted by Crippen LogP contribution is 2.47. The van der Waals surface area contributed by atoms with Crippen LogP contribution in [0.25, 0.3) is 11.0 Å². The van der Waals surface area contributed by atoms with Crippen LogP contribution >= 0.6 is 11.3 Å². The SMILES string of the molecule is COc1cc(OC)c([C@@H]2c3c(oc4ccccc4c3=O)C(=O)N2c2nc(C)c(C)s2)cc1OC. The van der Waals surface area contributed by atoms with E-state index in [4.69, 9.17) is 18.6 Å². The minimum atomic E-state index is -0.830. The molecule has 3 heterocycles. The first-order valence-corrected chi connectivity index (χ1v) is 11.3. The van der Waals surface area contributed by atoms with Crippen LogP contribution in [0.5, 0.6) is 17.2 Å². The molecule has 1 atom stereocenters. The molecule has 2 aromatic heterocycles. The summed E-state index contributed by atoms with van der Waals surface area (Å²) in [6.07, 6.45) is 0. The predicted molar refractivity (Wildman–Crippen MR) is 129 cm³/mol. The molecule has 34 heavy (non-hydrogen) atoms. The lowest BCUT2D eigenvalue weighted by Crippen LogP contribution is -2.29. The zero-order valence-corrected chi connectivity index (χ0v) is 20.1. The third-order valence-electron chi connectivity index (χ3n) is 6.03. The highest BCUT2D eigenvalue weighted by Gasteiger charge is 2.46. The van der Waals surface area contributed by atoms with Gasteiger partial charge in [-0.25, -0.2) is 4.98 Å². The van der Waals surface area contributed by atoms with Crippen molar-refractivity contribution in [3.8, 4) is 17.2 Å². The summed E-state index contributed by atoms with van der Waals surface area (Å²) in [7, 11) is 4.57. The molecule has 0 saturated carbocycles. The molecule has 1 aliphatic heterocycles. The fourth-order valence-corrected chi connectivity index (χ4v) is 5.17. The Bertz CT molecular complexity index is 1490. The van der Waals surface area contributed by atoms with E-state index < -0.39 is 11.9 Å². The fourth-order valence-electron chi connectivity index (χ4n) is 4.24. The van der Waals surface area contributed by atoms with Gasteiger partial charge >= 0.3 is 0 Å². The molecular weight excluding hydrogens is 456 g/mol. The van der Waals surface area contributed by atoms with Crippen molar-refractivity contribution in [2.24, 2.45) is 0 Å². The predicted octanol–water partition coefficient (Wildman–Crippen LogP) is 4.64. The third-order valence-corrected chi connectivity index (χ3v) is 7.10. The number of anilines is 1. The Morgan fingerprint density at radius 1 is 0.971 bits per heavy atom. The lowest BCUT2D eigenvalue weighted by molar-refractivity contribution is 0.0970. The molecular formula is C25H22N2O6S. The van der Waals surface area contributed by atoms with Gasteiger partial charge in [0, 0.05) is 16.5 Å². The molecule has 0 unspecified atom stereocenters. The Morgan fingerprint density at radius 3 is 2.29 bits per heavy atom. The molecule has 8 nitrogen and oxygen atoms in total. The van der Waals surface area contributed by atoms with Crippen molar-refractivity contribution in [1.82, 2.24) is 4.98 Å². The van der Waals surface area contributed by atoms with Crippen molar-refractivity contribution in [2.75, 3.05) is 26.2 Å².